The van der Waals surface area contributed by atoms with E-state index in [0.29, 0.717) is 6.54 Å². The first-order valence-electron chi connectivity index (χ1n) is 6.51. The Morgan fingerprint density at radius 3 is 2.90 bits per heavy atom. The van der Waals surface area contributed by atoms with E-state index >= 15 is 0 Å². The number of thioether (sulfide) groups is 1. The van der Waals surface area contributed by atoms with Gasteiger partial charge >= 0.3 is 0 Å². The first kappa shape index (κ1) is 15.3. The Morgan fingerprint density at radius 2 is 2.25 bits per heavy atom. The monoisotopic (exact) mass is 301 g/mol. The Labute approximate surface area is 121 Å². The summed E-state index contributed by atoms with van der Waals surface area (Å²) in [5.74, 6) is -1.05. The number of rotatable bonds is 4. The van der Waals surface area contributed by atoms with Gasteiger partial charge in [-0.25, -0.2) is 8.78 Å². The molecule has 1 saturated heterocycles. The lowest BCUT2D eigenvalue weighted by atomic mass is 10.0. The van der Waals surface area contributed by atoms with E-state index in [-0.39, 0.29) is 35.1 Å². The van der Waals surface area contributed by atoms with Gasteiger partial charge in [0.1, 0.15) is 11.6 Å². The zero-order valence-electron chi connectivity index (χ0n) is 11.2. The molecule has 1 N–H and O–H groups in total. The maximum Gasteiger partial charge on any atom is 0.233 e. The summed E-state index contributed by atoms with van der Waals surface area (Å²) in [6.07, 6.45) is 0.868. The SMILES string of the molecule is CC1CCN(C(=O)CSc2ccc(F)cc2F)C1CO. The van der Waals surface area contributed by atoms with Crippen LogP contribution < -0.4 is 0 Å². The molecule has 1 amide bonds. The average Bonchev–Trinajstić information content (AvgIpc) is 2.78. The van der Waals surface area contributed by atoms with Crippen molar-refractivity contribution in [2.45, 2.75) is 24.3 Å². The molecule has 0 aliphatic carbocycles. The van der Waals surface area contributed by atoms with Gasteiger partial charge in [-0.2, -0.15) is 0 Å². The van der Waals surface area contributed by atoms with Gasteiger partial charge in [0.25, 0.3) is 0 Å². The smallest absolute Gasteiger partial charge is 0.233 e. The molecule has 110 valence electrons. The number of carbonyl (C=O) groups excluding carboxylic acids is 1. The number of aliphatic hydroxyl groups excluding tert-OH is 1. The lowest BCUT2D eigenvalue weighted by Gasteiger charge is -2.25. The van der Waals surface area contributed by atoms with Crippen molar-refractivity contribution < 1.29 is 18.7 Å². The Bertz CT molecular complexity index is 498. The van der Waals surface area contributed by atoms with Gasteiger partial charge < -0.3 is 10.0 Å². The summed E-state index contributed by atoms with van der Waals surface area (Å²) in [6.45, 7) is 2.57. The molecule has 1 aromatic carbocycles. The lowest BCUT2D eigenvalue weighted by molar-refractivity contribution is -0.130. The zero-order valence-corrected chi connectivity index (χ0v) is 12.0. The van der Waals surface area contributed by atoms with Crippen molar-refractivity contribution in [3.63, 3.8) is 0 Å². The number of nitrogens with zero attached hydrogens (tertiary/aromatic N) is 1. The predicted molar refractivity (Wildman–Crippen MR) is 73.4 cm³/mol. The van der Waals surface area contributed by atoms with E-state index in [1.54, 1.807) is 4.90 Å². The fourth-order valence-corrected chi connectivity index (χ4v) is 3.22. The minimum Gasteiger partial charge on any atom is -0.394 e. The van der Waals surface area contributed by atoms with Crippen LogP contribution in [0, 0.1) is 17.6 Å². The van der Waals surface area contributed by atoms with E-state index < -0.39 is 11.6 Å². The molecule has 20 heavy (non-hydrogen) atoms. The van der Waals surface area contributed by atoms with Crippen LogP contribution in [0.25, 0.3) is 0 Å². The molecule has 1 heterocycles. The number of carbonyl (C=O) groups is 1. The largest absolute Gasteiger partial charge is 0.394 e. The van der Waals surface area contributed by atoms with Gasteiger partial charge in [-0.15, -0.1) is 11.8 Å². The molecule has 1 aliphatic heterocycles. The Morgan fingerprint density at radius 1 is 1.50 bits per heavy atom. The van der Waals surface area contributed by atoms with E-state index in [2.05, 4.69) is 0 Å². The zero-order chi connectivity index (χ0) is 14.7. The highest BCUT2D eigenvalue weighted by Gasteiger charge is 2.33. The molecule has 2 rings (SSSR count). The van der Waals surface area contributed by atoms with Gasteiger partial charge in [0, 0.05) is 17.5 Å². The Hall–Kier alpha value is -1.14. The van der Waals surface area contributed by atoms with Crippen LogP contribution in [0.5, 0.6) is 0 Å². The molecule has 3 nitrogen and oxygen atoms in total. The Kier molecular flexibility index (Phi) is 4.99. The summed E-state index contributed by atoms with van der Waals surface area (Å²) in [5.41, 5.74) is 0. The van der Waals surface area contributed by atoms with Crippen LogP contribution in [0.15, 0.2) is 23.1 Å². The molecule has 1 aliphatic rings. The molecule has 0 bridgehead atoms. The highest BCUT2D eigenvalue weighted by atomic mass is 32.2. The Balaban J connectivity index is 1.95. The van der Waals surface area contributed by atoms with E-state index in [9.17, 15) is 18.7 Å². The highest BCUT2D eigenvalue weighted by molar-refractivity contribution is 8.00. The van der Waals surface area contributed by atoms with Crippen molar-refractivity contribution in [2.24, 2.45) is 5.92 Å². The number of hydrogen-bond acceptors (Lipinski definition) is 3. The molecular weight excluding hydrogens is 284 g/mol. The normalized spacial score (nSPS) is 22.3. The van der Waals surface area contributed by atoms with Gasteiger partial charge in [-0.05, 0) is 24.5 Å². The van der Waals surface area contributed by atoms with Crippen molar-refractivity contribution >= 4 is 17.7 Å². The number of aliphatic hydroxyl groups is 1. The van der Waals surface area contributed by atoms with Crippen LogP contribution in [0.3, 0.4) is 0 Å². The molecule has 0 spiro atoms. The minimum absolute atomic E-state index is 0.0531. The van der Waals surface area contributed by atoms with E-state index in [4.69, 9.17) is 0 Å². The van der Waals surface area contributed by atoms with E-state index in [1.165, 1.54) is 12.1 Å². The fourth-order valence-electron chi connectivity index (χ4n) is 2.41. The van der Waals surface area contributed by atoms with Gasteiger partial charge in [-0.3, -0.25) is 4.79 Å². The topological polar surface area (TPSA) is 40.5 Å². The summed E-state index contributed by atoms with van der Waals surface area (Å²) in [7, 11) is 0. The third-order valence-electron chi connectivity index (χ3n) is 3.64. The summed E-state index contributed by atoms with van der Waals surface area (Å²) >= 11 is 1.05. The number of hydrogen-bond donors (Lipinski definition) is 1. The van der Waals surface area contributed by atoms with Crippen molar-refractivity contribution in [3.8, 4) is 0 Å². The molecule has 1 aromatic rings. The van der Waals surface area contributed by atoms with Crippen LogP contribution in [0.4, 0.5) is 8.78 Å². The fraction of sp³-hybridized carbons (Fsp3) is 0.500. The third-order valence-corrected chi connectivity index (χ3v) is 4.67. The van der Waals surface area contributed by atoms with Crippen LogP contribution in [0.1, 0.15) is 13.3 Å². The maximum absolute atomic E-state index is 13.5. The lowest BCUT2D eigenvalue weighted by Crippen LogP contribution is -2.40. The summed E-state index contributed by atoms with van der Waals surface area (Å²) in [6, 6.07) is 3.16. The first-order chi connectivity index (χ1) is 9.52. The summed E-state index contributed by atoms with van der Waals surface area (Å²) in [5, 5.41) is 9.31. The third kappa shape index (κ3) is 3.30. The second kappa shape index (κ2) is 6.54. The maximum atomic E-state index is 13.5. The summed E-state index contributed by atoms with van der Waals surface area (Å²) < 4.78 is 26.2. The quantitative estimate of drug-likeness (QED) is 0.868. The second-order valence-corrected chi connectivity index (χ2v) is 5.98. The standard InChI is InChI=1S/C14H17F2NO2S/c1-9-4-5-17(12(9)7-18)14(19)8-20-13-3-2-10(15)6-11(13)16/h2-3,6,9,12,18H,4-5,7-8H2,1H3. The van der Waals surface area contributed by atoms with Crippen molar-refractivity contribution in [3.05, 3.63) is 29.8 Å². The predicted octanol–water partition coefficient (Wildman–Crippen LogP) is 2.29. The molecule has 0 saturated carbocycles. The van der Waals surface area contributed by atoms with Gasteiger partial charge in [-0.1, -0.05) is 6.92 Å². The number of amides is 1. The summed E-state index contributed by atoms with van der Waals surface area (Å²) in [4.78, 5) is 14.0. The molecule has 6 heteroatoms. The van der Waals surface area contributed by atoms with Crippen LogP contribution >= 0.6 is 11.8 Å². The van der Waals surface area contributed by atoms with E-state index in [0.717, 1.165) is 24.2 Å². The molecule has 1 fully saturated rings. The molecule has 2 atom stereocenters. The minimum atomic E-state index is -0.656. The molecule has 2 unspecified atom stereocenters. The number of benzene rings is 1. The second-order valence-electron chi connectivity index (χ2n) is 4.97. The van der Waals surface area contributed by atoms with Crippen molar-refractivity contribution in [2.75, 3.05) is 18.9 Å². The molecule has 0 aromatic heterocycles. The average molecular weight is 301 g/mol. The number of halogens is 2. The highest BCUT2D eigenvalue weighted by Crippen LogP contribution is 2.27. The van der Waals surface area contributed by atoms with Gasteiger partial charge in [0.15, 0.2) is 0 Å². The van der Waals surface area contributed by atoms with E-state index in [1.807, 2.05) is 6.92 Å². The number of likely N-dealkylation sites (tertiary alicyclic amines) is 1. The van der Waals surface area contributed by atoms with Crippen LogP contribution in [-0.2, 0) is 4.79 Å². The first-order valence-corrected chi connectivity index (χ1v) is 7.49. The van der Waals surface area contributed by atoms with Crippen LogP contribution in [-0.4, -0.2) is 40.9 Å². The van der Waals surface area contributed by atoms with Crippen molar-refractivity contribution in [1.29, 1.82) is 0 Å². The van der Waals surface area contributed by atoms with Gasteiger partial charge in [0.2, 0.25) is 5.91 Å². The van der Waals surface area contributed by atoms with Crippen LogP contribution in [0.2, 0.25) is 0 Å². The molecule has 0 radical (unpaired) electrons. The van der Waals surface area contributed by atoms with Crippen molar-refractivity contribution in [1.82, 2.24) is 4.90 Å². The van der Waals surface area contributed by atoms with Gasteiger partial charge in [0.05, 0.1) is 18.4 Å². The molecular formula is C14H17F2NO2S.